The number of hydroxylamine groups is 2. The van der Waals surface area contributed by atoms with E-state index in [4.69, 9.17) is 11.6 Å². The molecule has 1 aromatic rings. The van der Waals surface area contributed by atoms with Gasteiger partial charge in [0.15, 0.2) is 11.6 Å². The first-order valence-electron chi connectivity index (χ1n) is 12.6. The van der Waals surface area contributed by atoms with E-state index in [1.54, 1.807) is 0 Å². The maximum atomic E-state index is 15.4. The molecular weight excluding hydrogens is 477 g/mol. The van der Waals surface area contributed by atoms with Crippen LogP contribution in [0.15, 0.2) is 0 Å². The molecule has 2 amide bonds. The van der Waals surface area contributed by atoms with Gasteiger partial charge >= 0.3 is 0 Å². The van der Waals surface area contributed by atoms with Crippen molar-refractivity contribution in [3.8, 4) is 0 Å². The molecule has 0 radical (unpaired) electrons. The van der Waals surface area contributed by atoms with Crippen LogP contribution in [0.3, 0.4) is 0 Å². The largest absolute Gasteiger partial charge is 0.351 e. The molecule has 2 aliphatic heterocycles. The number of carbonyl (C=O) groups is 2. The molecule has 12 heteroatoms. The van der Waals surface area contributed by atoms with Crippen molar-refractivity contribution in [2.75, 3.05) is 43.0 Å². The number of nitrogens with one attached hydrogen (secondary N) is 2. The van der Waals surface area contributed by atoms with Crippen LogP contribution < -0.4 is 15.8 Å². The Bertz CT molecular complexity index is 889. The summed E-state index contributed by atoms with van der Waals surface area (Å²) in [6.45, 7) is 3.06. The number of aromatic nitrogens is 2. The molecule has 3 fully saturated rings. The maximum absolute atomic E-state index is 15.4. The van der Waals surface area contributed by atoms with E-state index in [0.29, 0.717) is 36.5 Å². The fourth-order valence-electron chi connectivity index (χ4n) is 5.63. The number of fused-ring (bicyclic) bond motifs is 1. The van der Waals surface area contributed by atoms with Crippen LogP contribution in [-0.4, -0.2) is 76.2 Å². The van der Waals surface area contributed by atoms with Crippen molar-refractivity contribution in [2.24, 2.45) is 11.8 Å². The molecule has 2 saturated heterocycles. The second-order valence-corrected chi connectivity index (χ2v) is 10.2. The molecule has 1 unspecified atom stereocenters. The Kier molecular flexibility index (Phi) is 8.96. The Hall–Kier alpha value is -2.24. The van der Waals surface area contributed by atoms with Crippen molar-refractivity contribution < 1.29 is 19.2 Å². The fraction of sp³-hybridized carbons (Fsp3) is 0.739. The molecule has 1 saturated carbocycles. The summed E-state index contributed by atoms with van der Waals surface area (Å²) in [5.74, 6) is -1.53. The van der Waals surface area contributed by atoms with Gasteiger partial charge in [-0.1, -0.05) is 38.5 Å². The predicted molar refractivity (Wildman–Crippen MR) is 129 cm³/mol. The van der Waals surface area contributed by atoms with Crippen LogP contribution in [0.4, 0.5) is 16.0 Å². The van der Waals surface area contributed by atoms with Crippen LogP contribution in [0.1, 0.15) is 57.8 Å². The summed E-state index contributed by atoms with van der Waals surface area (Å²) in [4.78, 5) is 36.2. The van der Waals surface area contributed by atoms with Gasteiger partial charge in [-0.05, 0) is 43.3 Å². The lowest BCUT2D eigenvalue weighted by Crippen LogP contribution is -2.53. The average Bonchev–Trinajstić information content (AvgIpc) is 3.26. The molecule has 3 N–H and O–H groups in total. The Morgan fingerprint density at radius 1 is 1.17 bits per heavy atom. The van der Waals surface area contributed by atoms with Crippen molar-refractivity contribution in [3.05, 3.63) is 11.1 Å². The number of piperazine rings is 1. The van der Waals surface area contributed by atoms with Crippen molar-refractivity contribution in [3.63, 3.8) is 0 Å². The van der Waals surface area contributed by atoms with E-state index in [-0.39, 0.29) is 29.9 Å². The van der Waals surface area contributed by atoms with Gasteiger partial charge in [0.25, 0.3) is 0 Å². The Morgan fingerprint density at radius 3 is 2.71 bits per heavy atom. The zero-order valence-electron chi connectivity index (χ0n) is 20.0. The lowest BCUT2D eigenvalue weighted by Gasteiger charge is -2.41. The van der Waals surface area contributed by atoms with E-state index >= 15 is 4.39 Å². The zero-order chi connectivity index (χ0) is 24.8. The predicted octanol–water partition coefficient (Wildman–Crippen LogP) is 2.82. The van der Waals surface area contributed by atoms with Crippen LogP contribution in [0.5, 0.6) is 0 Å². The number of hydrogen-bond acceptors (Lipinski definition) is 8. The van der Waals surface area contributed by atoms with Gasteiger partial charge in [-0.2, -0.15) is 14.4 Å². The van der Waals surface area contributed by atoms with Crippen molar-refractivity contribution in [1.82, 2.24) is 25.4 Å². The number of hydrogen-bond donors (Lipinski definition) is 3. The second-order valence-electron chi connectivity index (χ2n) is 9.89. The molecule has 0 bridgehead atoms. The summed E-state index contributed by atoms with van der Waals surface area (Å²) in [5, 5.41) is 10.0. The quantitative estimate of drug-likeness (QED) is 0.201. The zero-order valence-corrected chi connectivity index (χ0v) is 20.7. The van der Waals surface area contributed by atoms with Crippen molar-refractivity contribution >= 4 is 35.6 Å². The minimum absolute atomic E-state index is 0.119. The molecule has 4 rings (SSSR count). The number of carbonyl (C=O) groups excluding carboxylic acids is 2. The molecule has 10 nitrogen and oxygen atoms in total. The summed E-state index contributed by atoms with van der Waals surface area (Å²) in [7, 11) is 0. The van der Waals surface area contributed by atoms with Gasteiger partial charge in [0.1, 0.15) is 0 Å². The highest BCUT2D eigenvalue weighted by Crippen LogP contribution is 2.31. The number of amides is 2. The summed E-state index contributed by atoms with van der Waals surface area (Å²) in [6, 6.07) is 0.353. The van der Waals surface area contributed by atoms with Gasteiger partial charge in [-0.15, -0.1) is 0 Å². The molecule has 3 heterocycles. The summed E-state index contributed by atoms with van der Waals surface area (Å²) < 4.78 is 15.4. The molecule has 2 atom stereocenters. The van der Waals surface area contributed by atoms with Gasteiger partial charge in [0, 0.05) is 25.7 Å². The van der Waals surface area contributed by atoms with Crippen molar-refractivity contribution in [2.45, 2.75) is 63.8 Å². The van der Waals surface area contributed by atoms with Gasteiger partial charge in [0.2, 0.25) is 23.4 Å². The summed E-state index contributed by atoms with van der Waals surface area (Å²) >= 11 is 6.13. The Morgan fingerprint density at radius 2 is 1.94 bits per heavy atom. The standard InChI is InChI=1S/C23H35ClFN7O3/c24-23-26-20(28-29-22(34)17(13-32(35)15-33)12-16-6-3-4-7-16)19(25)21(27-23)31-11-10-30-9-5-1-2-8-18(30)14-31/h15-18,35H,1-14H2,(H,29,34)(H,26,27,28)/t17-,18?/m1/s1. The highest BCUT2D eigenvalue weighted by Gasteiger charge is 2.31. The monoisotopic (exact) mass is 511 g/mol. The van der Waals surface area contributed by atoms with E-state index in [0.717, 1.165) is 51.6 Å². The van der Waals surface area contributed by atoms with E-state index in [1.807, 2.05) is 4.90 Å². The van der Waals surface area contributed by atoms with Crippen LogP contribution >= 0.6 is 11.6 Å². The van der Waals surface area contributed by atoms with Gasteiger partial charge in [-0.3, -0.25) is 30.5 Å². The minimum Gasteiger partial charge on any atom is -0.351 e. The Labute approximate surface area is 210 Å². The van der Waals surface area contributed by atoms with Crippen LogP contribution in [0.2, 0.25) is 5.28 Å². The highest BCUT2D eigenvalue weighted by atomic mass is 35.5. The summed E-state index contributed by atoms with van der Waals surface area (Å²) in [5.41, 5.74) is 5.06. The third-order valence-corrected chi connectivity index (χ3v) is 7.66. The molecule has 0 spiro atoms. The lowest BCUT2D eigenvalue weighted by molar-refractivity contribution is -0.154. The van der Waals surface area contributed by atoms with Gasteiger partial charge in [0.05, 0.1) is 12.5 Å². The third-order valence-electron chi connectivity index (χ3n) is 7.49. The number of anilines is 2. The van der Waals surface area contributed by atoms with Crippen molar-refractivity contribution in [1.29, 1.82) is 0 Å². The smallest absolute Gasteiger partial charge is 0.243 e. The van der Waals surface area contributed by atoms with Gasteiger partial charge < -0.3 is 4.90 Å². The fourth-order valence-corrected chi connectivity index (χ4v) is 5.80. The first-order valence-corrected chi connectivity index (χ1v) is 13.0. The molecule has 194 valence electrons. The van der Waals surface area contributed by atoms with Crippen LogP contribution in [-0.2, 0) is 9.59 Å². The molecule has 1 aliphatic carbocycles. The van der Waals surface area contributed by atoms with E-state index in [1.165, 1.54) is 12.8 Å². The SMILES string of the molecule is O=CN(O)C[C@@H](CC1CCCC1)C(=O)NNc1nc(Cl)nc(N2CCN3CCCCCC3C2)c1F. The Balaban J connectivity index is 1.43. The molecule has 1 aromatic heterocycles. The molecular formula is C23H35ClFN7O3. The molecule has 3 aliphatic rings. The van der Waals surface area contributed by atoms with E-state index in [9.17, 15) is 14.8 Å². The summed E-state index contributed by atoms with van der Waals surface area (Å²) in [6.07, 6.45) is 9.69. The highest BCUT2D eigenvalue weighted by molar-refractivity contribution is 6.28. The van der Waals surface area contributed by atoms with Gasteiger partial charge in [-0.25, -0.2) is 5.06 Å². The topological polar surface area (TPSA) is 114 Å². The van der Waals surface area contributed by atoms with Crippen LogP contribution in [0.25, 0.3) is 0 Å². The second kappa shape index (κ2) is 12.1. The lowest BCUT2D eigenvalue weighted by atomic mass is 9.92. The maximum Gasteiger partial charge on any atom is 0.243 e. The number of halogens is 2. The minimum atomic E-state index is -0.680. The normalized spacial score (nSPS) is 22.3. The third kappa shape index (κ3) is 6.71. The van der Waals surface area contributed by atoms with E-state index < -0.39 is 17.6 Å². The van der Waals surface area contributed by atoms with E-state index in [2.05, 4.69) is 25.7 Å². The molecule has 35 heavy (non-hydrogen) atoms. The first kappa shape index (κ1) is 25.8. The number of hydrazine groups is 1. The van der Waals surface area contributed by atoms with Crippen LogP contribution in [0, 0.1) is 17.7 Å². The molecule has 0 aromatic carbocycles. The average molecular weight is 512 g/mol. The number of nitrogens with zero attached hydrogens (tertiary/aromatic N) is 5. The first-order chi connectivity index (χ1) is 16.9. The number of rotatable bonds is 9.